The van der Waals surface area contributed by atoms with E-state index in [1.807, 2.05) is 11.3 Å². The monoisotopic (exact) mass is 332 g/mol. The Hall–Kier alpha value is -1.92. The summed E-state index contributed by atoms with van der Waals surface area (Å²) in [6.45, 7) is 5.92. The number of benzene rings is 1. The first-order chi connectivity index (χ1) is 11.1. The van der Waals surface area contributed by atoms with Crippen LogP contribution in [0, 0.1) is 10.1 Å². The van der Waals surface area contributed by atoms with Crippen molar-refractivity contribution in [1.29, 1.82) is 0 Å². The van der Waals surface area contributed by atoms with Crippen LogP contribution in [0.1, 0.15) is 30.3 Å². The van der Waals surface area contributed by atoms with Crippen LogP contribution in [-0.4, -0.2) is 29.0 Å². The third-order valence-corrected chi connectivity index (χ3v) is 5.53. The van der Waals surface area contributed by atoms with Crippen LogP contribution in [-0.2, 0) is 6.42 Å². The molecule has 1 aromatic carbocycles. The van der Waals surface area contributed by atoms with Gasteiger partial charge in [-0.25, -0.2) is 0 Å². The maximum Gasteiger partial charge on any atom is 0.269 e. The van der Waals surface area contributed by atoms with Gasteiger partial charge in [0.2, 0.25) is 0 Å². The molecule has 1 aliphatic heterocycles. The lowest BCUT2D eigenvalue weighted by Gasteiger charge is -2.38. The molecule has 2 unspecified atom stereocenters. The molecule has 5 nitrogen and oxygen atoms in total. The fourth-order valence-electron chi connectivity index (χ4n) is 3.20. The van der Waals surface area contributed by atoms with E-state index in [1.54, 1.807) is 12.1 Å². The molecule has 0 amide bonds. The molecule has 2 heterocycles. The minimum atomic E-state index is -0.403. The Balaban J connectivity index is 1.57. The quantitative estimate of drug-likeness (QED) is 0.612. The number of fused-ring (bicyclic) bond motifs is 1. The number of ether oxygens (including phenoxy) is 1. The number of nitrogens with zero attached hydrogens (tertiary/aromatic N) is 2. The second-order valence-electron chi connectivity index (χ2n) is 5.88. The Morgan fingerprint density at radius 3 is 2.74 bits per heavy atom. The topological polar surface area (TPSA) is 55.6 Å². The maximum absolute atomic E-state index is 10.6. The summed E-state index contributed by atoms with van der Waals surface area (Å²) < 4.78 is 5.75. The highest BCUT2D eigenvalue weighted by atomic mass is 32.1. The third kappa shape index (κ3) is 3.38. The predicted octanol–water partition coefficient (Wildman–Crippen LogP) is 4.04. The van der Waals surface area contributed by atoms with Gasteiger partial charge in [-0.2, -0.15) is 0 Å². The van der Waals surface area contributed by atoms with E-state index in [1.165, 1.54) is 22.6 Å². The van der Waals surface area contributed by atoms with E-state index in [0.29, 0.717) is 24.4 Å². The van der Waals surface area contributed by atoms with Crippen molar-refractivity contribution < 1.29 is 9.66 Å². The molecule has 0 saturated carbocycles. The Bertz CT molecular complexity index is 683. The van der Waals surface area contributed by atoms with Crippen molar-refractivity contribution >= 4 is 17.0 Å². The smallest absolute Gasteiger partial charge is 0.269 e. The van der Waals surface area contributed by atoms with Crippen LogP contribution < -0.4 is 4.74 Å². The Kier molecular flexibility index (Phi) is 4.63. The molecule has 6 heteroatoms. The summed E-state index contributed by atoms with van der Waals surface area (Å²) in [6.07, 6.45) is 1.08. The molecule has 0 aliphatic carbocycles. The van der Waals surface area contributed by atoms with Gasteiger partial charge < -0.3 is 4.74 Å². The first-order valence-electron chi connectivity index (χ1n) is 7.75. The minimum Gasteiger partial charge on any atom is -0.492 e. The minimum absolute atomic E-state index is 0.0841. The van der Waals surface area contributed by atoms with Crippen molar-refractivity contribution in [1.82, 2.24) is 4.90 Å². The average Bonchev–Trinajstić information content (AvgIpc) is 2.99. The van der Waals surface area contributed by atoms with E-state index in [0.717, 1.165) is 13.0 Å². The lowest BCUT2D eigenvalue weighted by Crippen LogP contribution is -2.42. The van der Waals surface area contributed by atoms with Crippen molar-refractivity contribution in [2.24, 2.45) is 0 Å². The van der Waals surface area contributed by atoms with Crippen molar-refractivity contribution in [3.05, 3.63) is 56.3 Å². The van der Waals surface area contributed by atoms with Gasteiger partial charge >= 0.3 is 0 Å². The van der Waals surface area contributed by atoms with Crippen LogP contribution in [0.5, 0.6) is 5.75 Å². The first kappa shape index (κ1) is 16.0. The van der Waals surface area contributed by atoms with E-state index in [4.69, 9.17) is 4.74 Å². The number of hydrogen-bond acceptors (Lipinski definition) is 5. The highest BCUT2D eigenvalue weighted by Crippen LogP contribution is 2.36. The zero-order valence-corrected chi connectivity index (χ0v) is 14.1. The van der Waals surface area contributed by atoms with Crippen LogP contribution in [0.2, 0.25) is 0 Å². The van der Waals surface area contributed by atoms with Crippen LogP contribution in [0.3, 0.4) is 0 Å². The zero-order chi connectivity index (χ0) is 16.4. The van der Waals surface area contributed by atoms with E-state index in [2.05, 4.69) is 30.2 Å². The molecule has 0 N–H and O–H groups in total. The highest BCUT2D eigenvalue weighted by Gasteiger charge is 2.29. The van der Waals surface area contributed by atoms with Crippen molar-refractivity contribution in [2.45, 2.75) is 32.4 Å². The standard InChI is InChI=1S/C17H20N2O3S/c1-12-11-14-7-10-23-17(14)13(2)18(12)8-9-22-16-5-3-15(4-6-16)19(20)21/h3-7,10,12-13H,8-9,11H2,1-2H3. The second kappa shape index (κ2) is 6.68. The van der Waals surface area contributed by atoms with Gasteiger partial charge in [0.15, 0.2) is 0 Å². The van der Waals surface area contributed by atoms with Crippen LogP contribution in [0.25, 0.3) is 0 Å². The zero-order valence-electron chi connectivity index (χ0n) is 13.3. The number of non-ortho nitro benzene ring substituents is 1. The van der Waals surface area contributed by atoms with Gasteiger partial charge in [0, 0.05) is 35.6 Å². The van der Waals surface area contributed by atoms with E-state index in [9.17, 15) is 10.1 Å². The van der Waals surface area contributed by atoms with Gasteiger partial charge in [-0.05, 0) is 49.4 Å². The maximum atomic E-state index is 10.6. The molecule has 2 aromatic rings. The molecule has 0 spiro atoms. The Morgan fingerprint density at radius 2 is 2.04 bits per heavy atom. The molecule has 0 radical (unpaired) electrons. The average molecular weight is 332 g/mol. The SMILES string of the molecule is CC1Cc2ccsc2C(C)N1CCOc1ccc([N+](=O)[O-])cc1. The first-order valence-corrected chi connectivity index (χ1v) is 8.63. The lowest BCUT2D eigenvalue weighted by atomic mass is 9.97. The summed E-state index contributed by atoms with van der Waals surface area (Å²) in [7, 11) is 0. The molecule has 1 aliphatic rings. The third-order valence-electron chi connectivity index (χ3n) is 4.40. The highest BCUT2D eigenvalue weighted by molar-refractivity contribution is 7.10. The van der Waals surface area contributed by atoms with Gasteiger partial charge in [0.05, 0.1) is 4.92 Å². The van der Waals surface area contributed by atoms with E-state index >= 15 is 0 Å². The summed E-state index contributed by atoms with van der Waals surface area (Å²) in [6, 6.07) is 9.38. The number of thiophene rings is 1. The largest absolute Gasteiger partial charge is 0.492 e. The number of nitro benzene ring substituents is 1. The van der Waals surface area contributed by atoms with Crippen LogP contribution >= 0.6 is 11.3 Å². The van der Waals surface area contributed by atoms with Crippen LogP contribution in [0.4, 0.5) is 5.69 Å². The van der Waals surface area contributed by atoms with Gasteiger partial charge in [0.1, 0.15) is 12.4 Å². The Morgan fingerprint density at radius 1 is 1.30 bits per heavy atom. The summed E-state index contributed by atoms with van der Waals surface area (Å²) in [5.41, 5.74) is 1.56. The predicted molar refractivity (Wildman–Crippen MR) is 91.2 cm³/mol. The molecule has 23 heavy (non-hydrogen) atoms. The molecule has 1 aromatic heterocycles. The molecule has 2 atom stereocenters. The fourth-order valence-corrected chi connectivity index (χ4v) is 4.21. The number of nitro groups is 1. The fraction of sp³-hybridized carbons (Fsp3) is 0.412. The molecule has 3 rings (SSSR count). The van der Waals surface area contributed by atoms with Crippen LogP contribution in [0.15, 0.2) is 35.7 Å². The number of rotatable bonds is 5. The molecular formula is C17H20N2O3S. The Labute approximate surface area is 139 Å². The summed E-state index contributed by atoms with van der Waals surface area (Å²) in [5.74, 6) is 0.671. The molecular weight excluding hydrogens is 312 g/mol. The van der Waals surface area contributed by atoms with E-state index in [-0.39, 0.29) is 5.69 Å². The molecule has 0 bridgehead atoms. The lowest BCUT2D eigenvalue weighted by molar-refractivity contribution is -0.384. The van der Waals surface area contributed by atoms with Gasteiger partial charge in [0.25, 0.3) is 5.69 Å². The molecule has 122 valence electrons. The van der Waals surface area contributed by atoms with Gasteiger partial charge in [-0.3, -0.25) is 15.0 Å². The summed E-state index contributed by atoms with van der Waals surface area (Å²) in [4.78, 5) is 14.2. The van der Waals surface area contributed by atoms with E-state index < -0.39 is 4.92 Å². The summed E-state index contributed by atoms with van der Waals surface area (Å²) >= 11 is 1.83. The second-order valence-corrected chi connectivity index (χ2v) is 6.82. The van der Waals surface area contributed by atoms with Gasteiger partial charge in [-0.15, -0.1) is 11.3 Å². The van der Waals surface area contributed by atoms with Crippen molar-refractivity contribution in [2.75, 3.05) is 13.2 Å². The number of hydrogen-bond donors (Lipinski definition) is 0. The molecule has 0 saturated heterocycles. The normalized spacial score (nSPS) is 21.0. The van der Waals surface area contributed by atoms with Crippen molar-refractivity contribution in [3.8, 4) is 5.75 Å². The van der Waals surface area contributed by atoms with Crippen molar-refractivity contribution in [3.63, 3.8) is 0 Å². The summed E-state index contributed by atoms with van der Waals surface area (Å²) in [5, 5.41) is 12.8. The van der Waals surface area contributed by atoms with Gasteiger partial charge in [-0.1, -0.05) is 0 Å². The molecule has 0 fully saturated rings.